The van der Waals surface area contributed by atoms with Crippen LogP contribution < -0.4 is 5.73 Å². The van der Waals surface area contributed by atoms with Gasteiger partial charge in [0.05, 0.1) is 20.0 Å². The van der Waals surface area contributed by atoms with Gasteiger partial charge in [-0.15, -0.1) is 0 Å². The molecule has 2 N–H and O–H groups in total. The smallest absolute Gasteiger partial charge is 0.118 e. The third-order valence-electron chi connectivity index (χ3n) is 2.22. The predicted molar refractivity (Wildman–Crippen MR) is 63.3 cm³/mol. The quantitative estimate of drug-likeness (QED) is 0.522. The first kappa shape index (κ1) is 14.0. The van der Waals surface area contributed by atoms with E-state index >= 15 is 0 Å². The van der Waals surface area contributed by atoms with Crippen molar-refractivity contribution >= 4 is 0 Å². The van der Waals surface area contributed by atoms with Gasteiger partial charge in [0, 0.05) is 12.5 Å². The summed E-state index contributed by atoms with van der Waals surface area (Å²) in [5.74, 6) is 2.19. The van der Waals surface area contributed by atoms with Crippen molar-refractivity contribution in [2.24, 2.45) is 11.7 Å². The van der Waals surface area contributed by atoms with E-state index in [1.54, 1.807) is 14.2 Å². The summed E-state index contributed by atoms with van der Waals surface area (Å²) in [6.07, 6.45) is 5.83. The Hall–Kier alpha value is -0.960. The Labute approximate surface area is 92.9 Å². The van der Waals surface area contributed by atoms with E-state index in [0.717, 1.165) is 24.4 Å². The minimum absolute atomic E-state index is 0.427. The van der Waals surface area contributed by atoms with E-state index < -0.39 is 0 Å². The minimum atomic E-state index is 0.427. The molecule has 0 spiro atoms. The van der Waals surface area contributed by atoms with E-state index in [1.807, 2.05) is 13.0 Å². The SMILES string of the molecule is CC/C(=C\C(=C/C(C)CCN)OC)OC. The average molecular weight is 213 g/mol. The van der Waals surface area contributed by atoms with E-state index in [4.69, 9.17) is 15.2 Å². The summed E-state index contributed by atoms with van der Waals surface area (Å²) < 4.78 is 10.5. The molecule has 1 unspecified atom stereocenters. The molecule has 88 valence electrons. The summed E-state index contributed by atoms with van der Waals surface area (Å²) in [7, 11) is 3.34. The van der Waals surface area contributed by atoms with Crippen molar-refractivity contribution in [3.05, 3.63) is 23.7 Å². The van der Waals surface area contributed by atoms with E-state index in [0.29, 0.717) is 12.5 Å². The lowest BCUT2D eigenvalue weighted by molar-refractivity contribution is 0.266. The molecule has 0 aliphatic carbocycles. The second-order valence-corrected chi connectivity index (χ2v) is 3.50. The van der Waals surface area contributed by atoms with Crippen LogP contribution in [-0.2, 0) is 9.47 Å². The first-order valence-electron chi connectivity index (χ1n) is 5.38. The van der Waals surface area contributed by atoms with Crippen molar-refractivity contribution in [2.75, 3.05) is 20.8 Å². The molecule has 0 saturated carbocycles. The highest BCUT2D eigenvalue weighted by molar-refractivity contribution is 5.16. The van der Waals surface area contributed by atoms with Crippen LogP contribution in [0, 0.1) is 5.92 Å². The molecule has 0 amide bonds. The lowest BCUT2D eigenvalue weighted by Crippen LogP contribution is -2.04. The Kier molecular flexibility index (Phi) is 7.82. The zero-order valence-corrected chi connectivity index (χ0v) is 10.2. The first-order chi connectivity index (χ1) is 7.17. The van der Waals surface area contributed by atoms with Crippen LogP contribution in [0.25, 0.3) is 0 Å². The second kappa shape index (κ2) is 8.36. The monoisotopic (exact) mass is 213 g/mol. The third-order valence-corrected chi connectivity index (χ3v) is 2.22. The molecule has 0 aromatic rings. The predicted octanol–water partition coefficient (Wildman–Crippen LogP) is 2.44. The Morgan fingerprint density at radius 2 is 2.00 bits per heavy atom. The summed E-state index contributed by atoms with van der Waals surface area (Å²) in [5, 5.41) is 0. The standard InChI is InChI=1S/C12H23NO2/c1-5-11(14-3)9-12(15-4)8-10(2)6-7-13/h8-10H,5-7,13H2,1-4H3/b11-9+,12-8+. The van der Waals surface area contributed by atoms with E-state index in [9.17, 15) is 0 Å². The third kappa shape index (κ3) is 6.18. The van der Waals surface area contributed by atoms with Crippen molar-refractivity contribution in [3.8, 4) is 0 Å². The van der Waals surface area contributed by atoms with Gasteiger partial charge in [-0.1, -0.05) is 13.8 Å². The largest absolute Gasteiger partial charge is 0.501 e. The van der Waals surface area contributed by atoms with Crippen LogP contribution in [-0.4, -0.2) is 20.8 Å². The fraction of sp³-hybridized carbons (Fsp3) is 0.667. The molecule has 3 heteroatoms. The molecule has 0 aliphatic rings. The maximum atomic E-state index is 5.49. The van der Waals surface area contributed by atoms with Crippen LogP contribution in [0.5, 0.6) is 0 Å². The normalized spacial score (nSPS) is 15.0. The summed E-state index contributed by atoms with van der Waals surface area (Å²) >= 11 is 0. The molecule has 0 aliphatic heterocycles. The fourth-order valence-corrected chi connectivity index (χ4v) is 1.27. The molecule has 0 aromatic carbocycles. The number of hydrogen-bond acceptors (Lipinski definition) is 3. The zero-order valence-electron chi connectivity index (χ0n) is 10.2. The molecular weight excluding hydrogens is 190 g/mol. The van der Waals surface area contributed by atoms with Crippen molar-refractivity contribution in [2.45, 2.75) is 26.7 Å². The van der Waals surface area contributed by atoms with Crippen LogP contribution in [0.3, 0.4) is 0 Å². The summed E-state index contributed by atoms with van der Waals surface area (Å²) in [5.41, 5.74) is 5.49. The molecule has 0 rings (SSSR count). The van der Waals surface area contributed by atoms with Gasteiger partial charge in [0.2, 0.25) is 0 Å². The number of ether oxygens (including phenoxy) is 2. The highest BCUT2D eigenvalue weighted by Crippen LogP contribution is 2.12. The number of methoxy groups -OCH3 is 2. The van der Waals surface area contributed by atoms with Gasteiger partial charge in [-0.25, -0.2) is 0 Å². The highest BCUT2D eigenvalue weighted by atomic mass is 16.5. The highest BCUT2D eigenvalue weighted by Gasteiger charge is 2.01. The van der Waals surface area contributed by atoms with E-state index in [-0.39, 0.29) is 0 Å². The average Bonchev–Trinajstić information content (AvgIpc) is 2.24. The van der Waals surface area contributed by atoms with Gasteiger partial charge >= 0.3 is 0 Å². The van der Waals surface area contributed by atoms with Crippen LogP contribution in [0.15, 0.2) is 23.7 Å². The van der Waals surface area contributed by atoms with Gasteiger partial charge in [0.1, 0.15) is 5.76 Å². The number of nitrogens with two attached hydrogens (primary N) is 1. The Balaban J connectivity index is 4.52. The molecule has 0 saturated heterocycles. The van der Waals surface area contributed by atoms with Crippen molar-refractivity contribution in [3.63, 3.8) is 0 Å². The molecule has 1 atom stereocenters. The van der Waals surface area contributed by atoms with Gasteiger partial charge in [-0.05, 0) is 25.0 Å². The minimum Gasteiger partial charge on any atom is -0.501 e. The van der Waals surface area contributed by atoms with Gasteiger partial charge in [0.15, 0.2) is 0 Å². The fourth-order valence-electron chi connectivity index (χ4n) is 1.27. The second-order valence-electron chi connectivity index (χ2n) is 3.50. The molecule has 0 heterocycles. The van der Waals surface area contributed by atoms with Crippen LogP contribution >= 0.6 is 0 Å². The lowest BCUT2D eigenvalue weighted by atomic mass is 10.1. The number of rotatable bonds is 7. The molecule has 3 nitrogen and oxygen atoms in total. The Morgan fingerprint density at radius 1 is 1.33 bits per heavy atom. The van der Waals surface area contributed by atoms with Crippen molar-refractivity contribution < 1.29 is 9.47 Å². The van der Waals surface area contributed by atoms with Gasteiger partial charge in [0.25, 0.3) is 0 Å². The Bertz CT molecular complexity index is 216. The molecule has 0 aromatic heterocycles. The molecule has 0 bridgehead atoms. The van der Waals surface area contributed by atoms with Gasteiger partial charge in [-0.2, -0.15) is 0 Å². The summed E-state index contributed by atoms with van der Waals surface area (Å²) in [6.45, 7) is 4.87. The van der Waals surface area contributed by atoms with Gasteiger partial charge in [-0.3, -0.25) is 0 Å². The van der Waals surface area contributed by atoms with Gasteiger partial charge < -0.3 is 15.2 Å². The van der Waals surface area contributed by atoms with E-state index in [1.165, 1.54) is 0 Å². The molecular formula is C12H23NO2. The van der Waals surface area contributed by atoms with Crippen molar-refractivity contribution in [1.29, 1.82) is 0 Å². The lowest BCUT2D eigenvalue weighted by Gasteiger charge is -2.08. The number of allylic oxidation sites excluding steroid dienone is 3. The molecule has 0 fully saturated rings. The zero-order chi connectivity index (χ0) is 11.7. The topological polar surface area (TPSA) is 44.5 Å². The van der Waals surface area contributed by atoms with Crippen LogP contribution in [0.4, 0.5) is 0 Å². The number of hydrogen-bond donors (Lipinski definition) is 1. The molecule has 0 radical (unpaired) electrons. The maximum Gasteiger partial charge on any atom is 0.118 e. The van der Waals surface area contributed by atoms with E-state index in [2.05, 4.69) is 13.0 Å². The molecule has 15 heavy (non-hydrogen) atoms. The first-order valence-corrected chi connectivity index (χ1v) is 5.38. The van der Waals surface area contributed by atoms with Crippen LogP contribution in [0.1, 0.15) is 26.7 Å². The summed E-state index contributed by atoms with van der Waals surface area (Å²) in [6, 6.07) is 0. The maximum absolute atomic E-state index is 5.49. The summed E-state index contributed by atoms with van der Waals surface area (Å²) in [4.78, 5) is 0. The van der Waals surface area contributed by atoms with Crippen LogP contribution in [0.2, 0.25) is 0 Å². The van der Waals surface area contributed by atoms with Crippen molar-refractivity contribution in [1.82, 2.24) is 0 Å². The Morgan fingerprint density at radius 3 is 2.40 bits per heavy atom.